The van der Waals surface area contributed by atoms with E-state index in [-0.39, 0.29) is 12.1 Å². The molecule has 0 unspecified atom stereocenters. The lowest BCUT2D eigenvalue weighted by Crippen LogP contribution is -2.38. The summed E-state index contributed by atoms with van der Waals surface area (Å²) in [4.78, 5) is 4.04. The third-order valence-electron chi connectivity index (χ3n) is 3.13. The van der Waals surface area contributed by atoms with Crippen LogP contribution in [-0.2, 0) is 6.54 Å². The molecule has 0 spiro atoms. The molecule has 1 fully saturated rings. The molecule has 0 radical (unpaired) electrons. The van der Waals surface area contributed by atoms with Crippen molar-refractivity contribution in [1.82, 2.24) is 5.32 Å². The van der Waals surface area contributed by atoms with E-state index in [1.165, 1.54) is 12.8 Å². The molecule has 1 aliphatic rings. The second kappa shape index (κ2) is 5.80. The predicted octanol–water partition coefficient (Wildman–Crippen LogP) is 2.31. The van der Waals surface area contributed by atoms with Gasteiger partial charge >= 0.3 is 0 Å². The number of benzene rings is 1. The lowest BCUT2D eigenvalue weighted by molar-refractivity contribution is 0.584. The van der Waals surface area contributed by atoms with Crippen LogP contribution in [0.25, 0.3) is 0 Å². The predicted molar refractivity (Wildman–Crippen MR) is 67.1 cm³/mol. The lowest BCUT2D eigenvalue weighted by atomic mass is 10.2. The largest absolute Gasteiger partial charge is 0.370 e. The van der Waals surface area contributed by atoms with E-state index in [1.54, 1.807) is 0 Å². The zero-order valence-corrected chi connectivity index (χ0v) is 10.1. The molecular weight excluding hydrogens is 236 g/mol. The summed E-state index contributed by atoms with van der Waals surface area (Å²) in [6.45, 7) is 0.0507. The van der Waals surface area contributed by atoms with Gasteiger partial charge in [0.05, 0.1) is 6.54 Å². The zero-order valence-electron chi connectivity index (χ0n) is 10.1. The topological polar surface area (TPSA) is 50.4 Å². The van der Waals surface area contributed by atoms with Gasteiger partial charge in [0.2, 0.25) is 0 Å². The van der Waals surface area contributed by atoms with E-state index in [2.05, 4.69) is 10.3 Å². The Morgan fingerprint density at radius 3 is 2.78 bits per heavy atom. The van der Waals surface area contributed by atoms with Crippen LogP contribution in [0.5, 0.6) is 0 Å². The summed E-state index contributed by atoms with van der Waals surface area (Å²) in [5, 5.41) is 3.09. The second-order valence-corrected chi connectivity index (χ2v) is 4.56. The van der Waals surface area contributed by atoms with Crippen LogP contribution < -0.4 is 11.1 Å². The van der Waals surface area contributed by atoms with Gasteiger partial charge in [-0.15, -0.1) is 0 Å². The van der Waals surface area contributed by atoms with Crippen molar-refractivity contribution in [1.29, 1.82) is 0 Å². The van der Waals surface area contributed by atoms with Crippen molar-refractivity contribution >= 4 is 5.96 Å². The first-order chi connectivity index (χ1) is 8.65. The van der Waals surface area contributed by atoms with Gasteiger partial charge in [-0.1, -0.05) is 12.8 Å². The van der Waals surface area contributed by atoms with Gasteiger partial charge < -0.3 is 11.1 Å². The summed E-state index contributed by atoms with van der Waals surface area (Å²) in [7, 11) is 0. The van der Waals surface area contributed by atoms with Gasteiger partial charge in [-0.2, -0.15) is 0 Å². The van der Waals surface area contributed by atoms with Gasteiger partial charge in [0.1, 0.15) is 11.6 Å². The Morgan fingerprint density at radius 2 is 2.06 bits per heavy atom. The monoisotopic (exact) mass is 253 g/mol. The van der Waals surface area contributed by atoms with Gasteiger partial charge in [-0.3, -0.25) is 0 Å². The van der Waals surface area contributed by atoms with E-state index in [9.17, 15) is 8.78 Å². The molecule has 98 valence electrons. The fourth-order valence-electron chi connectivity index (χ4n) is 2.16. The molecule has 0 saturated heterocycles. The molecule has 1 saturated carbocycles. The second-order valence-electron chi connectivity index (χ2n) is 4.56. The summed E-state index contributed by atoms with van der Waals surface area (Å²) in [5.41, 5.74) is 5.93. The first-order valence-corrected chi connectivity index (χ1v) is 6.15. The third-order valence-corrected chi connectivity index (χ3v) is 3.13. The Hall–Kier alpha value is -1.65. The highest BCUT2D eigenvalue weighted by Gasteiger charge is 2.14. The molecule has 0 aromatic heterocycles. The minimum atomic E-state index is -0.469. The highest BCUT2D eigenvalue weighted by atomic mass is 19.1. The number of nitrogens with zero attached hydrogens (tertiary/aromatic N) is 1. The van der Waals surface area contributed by atoms with Crippen LogP contribution >= 0.6 is 0 Å². The number of guanidine groups is 1. The summed E-state index contributed by atoms with van der Waals surface area (Å²) in [5.74, 6) is -0.636. The van der Waals surface area contributed by atoms with Crippen LogP contribution in [0.3, 0.4) is 0 Å². The number of nitrogens with two attached hydrogens (primary N) is 1. The summed E-state index contributed by atoms with van der Waals surface area (Å²) >= 11 is 0. The molecule has 0 bridgehead atoms. The van der Waals surface area contributed by atoms with Gasteiger partial charge in [-0.05, 0) is 31.0 Å². The quantitative estimate of drug-likeness (QED) is 0.641. The van der Waals surface area contributed by atoms with E-state index in [1.807, 2.05) is 0 Å². The Bertz CT molecular complexity index is 440. The van der Waals surface area contributed by atoms with Crippen molar-refractivity contribution in [2.75, 3.05) is 0 Å². The fraction of sp³-hybridized carbons (Fsp3) is 0.462. The lowest BCUT2D eigenvalue weighted by Gasteiger charge is -2.12. The van der Waals surface area contributed by atoms with E-state index < -0.39 is 11.6 Å². The van der Waals surface area contributed by atoms with Gasteiger partial charge in [0, 0.05) is 11.6 Å². The Labute approximate surface area is 105 Å². The Morgan fingerprint density at radius 1 is 1.33 bits per heavy atom. The van der Waals surface area contributed by atoms with E-state index in [0.717, 1.165) is 31.0 Å². The van der Waals surface area contributed by atoms with Crippen LogP contribution in [0.1, 0.15) is 31.2 Å². The maximum Gasteiger partial charge on any atom is 0.189 e. The summed E-state index contributed by atoms with van der Waals surface area (Å²) < 4.78 is 26.3. The molecule has 1 aromatic rings. The Kier molecular flexibility index (Phi) is 4.12. The average molecular weight is 253 g/mol. The van der Waals surface area contributed by atoms with Crippen LogP contribution in [0.2, 0.25) is 0 Å². The number of rotatable bonds is 3. The maximum atomic E-state index is 13.3. The van der Waals surface area contributed by atoms with Crippen molar-refractivity contribution in [3.63, 3.8) is 0 Å². The first kappa shape index (κ1) is 12.8. The molecule has 1 aliphatic carbocycles. The number of hydrogen-bond donors (Lipinski definition) is 2. The molecule has 3 nitrogen and oxygen atoms in total. The maximum absolute atomic E-state index is 13.3. The van der Waals surface area contributed by atoms with E-state index in [4.69, 9.17) is 5.73 Å². The number of aliphatic imine (C=N–C) groups is 1. The van der Waals surface area contributed by atoms with Gasteiger partial charge in [0.25, 0.3) is 0 Å². The smallest absolute Gasteiger partial charge is 0.189 e. The van der Waals surface area contributed by atoms with Crippen molar-refractivity contribution in [2.24, 2.45) is 10.7 Å². The molecule has 0 heterocycles. The van der Waals surface area contributed by atoms with Crippen molar-refractivity contribution in [3.8, 4) is 0 Å². The van der Waals surface area contributed by atoms with Crippen LogP contribution in [-0.4, -0.2) is 12.0 Å². The summed E-state index contributed by atoms with van der Waals surface area (Å²) in [6, 6.07) is 3.69. The first-order valence-electron chi connectivity index (χ1n) is 6.15. The summed E-state index contributed by atoms with van der Waals surface area (Å²) in [6.07, 6.45) is 4.57. The Balaban J connectivity index is 1.94. The highest BCUT2D eigenvalue weighted by Crippen LogP contribution is 2.17. The van der Waals surface area contributed by atoms with Crippen LogP contribution in [0.15, 0.2) is 23.2 Å². The minimum absolute atomic E-state index is 0.0507. The zero-order chi connectivity index (χ0) is 13.0. The third kappa shape index (κ3) is 3.42. The van der Waals surface area contributed by atoms with Crippen molar-refractivity contribution in [3.05, 3.63) is 35.4 Å². The molecular formula is C13H17F2N3. The van der Waals surface area contributed by atoms with Gasteiger partial charge in [-0.25, -0.2) is 13.8 Å². The molecule has 1 aromatic carbocycles. The molecule has 18 heavy (non-hydrogen) atoms. The molecule has 3 N–H and O–H groups in total. The molecule has 0 amide bonds. The standard InChI is InChI=1S/C13H17F2N3/c14-10-5-6-12(15)9(7-10)8-17-13(16)18-11-3-1-2-4-11/h5-7,11H,1-4,8H2,(H3,16,17,18). The number of halogens is 2. The number of nitrogens with one attached hydrogen (secondary N) is 1. The molecule has 2 rings (SSSR count). The molecule has 5 heteroatoms. The van der Waals surface area contributed by atoms with Crippen molar-refractivity contribution in [2.45, 2.75) is 38.3 Å². The van der Waals surface area contributed by atoms with E-state index in [0.29, 0.717) is 12.0 Å². The molecule has 0 aliphatic heterocycles. The van der Waals surface area contributed by atoms with Crippen molar-refractivity contribution < 1.29 is 8.78 Å². The SMILES string of the molecule is NC(=NCc1cc(F)ccc1F)NC1CCCC1. The normalized spacial score (nSPS) is 17.1. The average Bonchev–Trinajstić information content (AvgIpc) is 2.83. The van der Waals surface area contributed by atoms with Crippen LogP contribution in [0, 0.1) is 11.6 Å². The number of hydrogen-bond acceptors (Lipinski definition) is 1. The molecule has 0 atom stereocenters. The fourth-order valence-corrected chi connectivity index (χ4v) is 2.16. The van der Waals surface area contributed by atoms with E-state index >= 15 is 0 Å². The minimum Gasteiger partial charge on any atom is -0.370 e. The van der Waals surface area contributed by atoms with Crippen LogP contribution in [0.4, 0.5) is 8.78 Å². The highest BCUT2D eigenvalue weighted by molar-refractivity contribution is 5.78. The van der Waals surface area contributed by atoms with Gasteiger partial charge in [0.15, 0.2) is 5.96 Å².